The average molecular weight is 294 g/mol. The number of ether oxygens (including phenoxy) is 2. The van der Waals surface area contributed by atoms with Gasteiger partial charge < -0.3 is 14.6 Å². The summed E-state index contributed by atoms with van der Waals surface area (Å²) in [6.07, 6.45) is 8.23. The molecule has 0 spiro atoms. The van der Waals surface area contributed by atoms with Gasteiger partial charge in [0.15, 0.2) is 11.5 Å². The van der Waals surface area contributed by atoms with Gasteiger partial charge in [-0.1, -0.05) is 45.1 Å². The molecule has 118 valence electrons. The molecule has 0 unspecified atom stereocenters. The molecule has 0 bridgehead atoms. The Morgan fingerprint density at radius 3 is 2.19 bits per heavy atom. The maximum absolute atomic E-state index is 11.2. The zero-order chi connectivity index (χ0) is 15.7. The minimum Gasteiger partial charge on any atom is -0.493 e. The lowest BCUT2D eigenvalue weighted by atomic mass is 10.0. The van der Waals surface area contributed by atoms with E-state index in [2.05, 4.69) is 6.92 Å². The van der Waals surface area contributed by atoms with Crippen LogP contribution in [0.5, 0.6) is 11.5 Å². The predicted octanol–water partition coefficient (Wildman–Crippen LogP) is 4.31. The van der Waals surface area contributed by atoms with Crippen LogP contribution in [0.4, 0.5) is 0 Å². The van der Waals surface area contributed by atoms with Crippen LogP contribution in [0, 0.1) is 0 Å². The topological polar surface area (TPSA) is 55.8 Å². The van der Waals surface area contributed by atoms with Gasteiger partial charge in [-0.05, 0) is 24.5 Å². The lowest BCUT2D eigenvalue weighted by molar-refractivity contribution is 0.0692. The van der Waals surface area contributed by atoms with Crippen LogP contribution >= 0.6 is 0 Å². The molecular weight excluding hydrogens is 268 g/mol. The molecule has 0 aliphatic rings. The highest BCUT2D eigenvalue weighted by Gasteiger charge is 2.18. The largest absolute Gasteiger partial charge is 0.493 e. The van der Waals surface area contributed by atoms with E-state index in [1.807, 2.05) is 6.07 Å². The van der Waals surface area contributed by atoms with Crippen molar-refractivity contribution in [3.63, 3.8) is 0 Å². The van der Waals surface area contributed by atoms with Gasteiger partial charge in [0, 0.05) is 0 Å². The van der Waals surface area contributed by atoms with Crippen LogP contribution in [-0.4, -0.2) is 25.3 Å². The maximum atomic E-state index is 11.2. The molecule has 0 saturated carbocycles. The zero-order valence-electron chi connectivity index (χ0n) is 13.3. The summed E-state index contributed by atoms with van der Waals surface area (Å²) in [5, 5.41) is 9.17. The van der Waals surface area contributed by atoms with Crippen molar-refractivity contribution in [1.82, 2.24) is 0 Å². The molecule has 0 saturated heterocycles. The molecule has 0 radical (unpaired) electrons. The van der Waals surface area contributed by atoms with E-state index in [4.69, 9.17) is 14.6 Å². The normalized spacial score (nSPS) is 10.4. The van der Waals surface area contributed by atoms with E-state index in [1.54, 1.807) is 13.2 Å². The molecule has 0 aromatic heterocycles. The van der Waals surface area contributed by atoms with Gasteiger partial charge in [0.25, 0.3) is 0 Å². The lowest BCUT2D eigenvalue weighted by Crippen LogP contribution is -2.04. The first-order valence-corrected chi connectivity index (χ1v) is 7.62. The van der Waals surface area contributed by atoms with Gasteiger partial charge >= 0.3 is 5.97 Å². The number of carbonyl (C=O) groups is 1. The monoisotopic (exact) mass is 294 g/mol. The summed E-state index contributed by atoms with van der Waals surface area (Å²) in [4.78, 5) is 11.2. The highest BCUT2D eigenvalue weighted by atomic mass is 16.5. The standard InChI is InChI=1S/C17H26O4/c1-4-5-6-7-8-9-10-13-11-12-14(17(18)19)16(21-3)15(13)20-2/h11-12H,4-10H2,1-3H3,(H,18,19). The first-order valence-electron chi connectivity index (χ1n) is 7.62. The number of carboxylic acid groups (broad SMARTS) is 1. The first-order chi connectivity index (χ1) is 10.2. The minimum absolute atomic E-state index is 0.140. The van der Waals surface area contributed by atoms with E-state index in [0.717, 1.165) is 18.4 Å². The van der Waals surface area contributed by atoms with Crippen LogP contribution in [0.15, 0.2) is 12.1 Å². The lowest BCUT2D eigenvalue weighted by Gasteiger charge is -2.14. The Morgan fingerprint density at radius 2 is 1.62 bits per heavy atom. The number of methoxy groups -OCH3 is 2. The van der Waals surface area contributed by atoms with Gasteiger partial charge in [0.05, 0.1) is 14.2 Å². The van der Waals surface area contributed by atoms with Crippen molar-refractivity contribution in [3.05, 3.63) is 23.3 Å². The van der Waals surface area contributed by atoms with Crippen molar-refractivity contribution in [3.8, 4) is 11.5 Å². The highest BCUT2D eigenvalue weighted by Crippen LogP contribution is 2.35. The third-order valence-corrected chi connectivity index (χ3v) is 3.63. The van der Waals surface area contributed by atoms with Gasteiger partial charge in [-0.2, -0.15) is 0 Å². The van der Waals surface area contributed by atoms with Gasteiger partial charge in [-0.15, -0.1) is 0 Å². The SMILES string of the molecule is CCCCCCCCc1ccc(C(=O)O)c(OC)c1OC. The van der Waals surface area contributed by atoms with Crippen LogP contribution in [0.1, 0.15) is 61.4 Å². The second-order valence-corrected chi connectivity index (χ2v) is 5.16. The summed E-state index contributed by atoms with van der Waals surface area (Å²) in [5.74, 6) is -0.143. The number of carboxylic acids is 1. The average Bonchev–Trinajstić information content (AvgIpc) is 2.49. The van der Waals surface area contributed by atoms with Gasteiger partial charge in [0.2, 0.25) is 0 Å². The molecule has 1 rings (SSSR count). The summed E-state index contributed by atoms with van der Waals surface area (Å²) in [6, 6.07) is 3.42. The summed E-state index contributed by atoms with van der Waals surface area (Å²) >= 11 is 0. The molecule has 0 fully saturated rings. The molecule has 1 N–H and O–H groups in total. The molecular formula is C17H26O4. The smallest absolute Gasteiger partial charge is 0.339 e. The Bertz CT molecular complexity index is 454. The van der Waals surface area contributed by atoms with Crippen LogP contribution in [-0.2, 0) is 6.42 Å². The molecule has 0 aliphatic carbocycles. The van der Waals surface area contributed by atoms with Crippen molar-refractivity contribution >= 4 is 5.97 Å². The summed E-state index contributed by atoms with van der Waals surface area (Å²) in [5.41, 5.74) is 1.15. The van der Waals surface area contributed by atoms with Crippen LogP contribution in [0.3, 0.4) is 0 Å². The Balaban J connectivity index is 2.72. The molecule has 0 amide bonds. The van der Waals surface area contributed by atoms with E-state index < -0.39 is 5.97 Å². The van der Waals surface area contributed by atoms with E-state index in [0.29, 0.717) is 11.5 Å². The number of hydrogen-bond acceptors (Lipinski definition) is 3. The predicted molar refractivity (Wildman–Crippen MR) is 83.6 cm³/mol. The van der Waals surface area contributed by atoms with Gasteiger partial charge in [0.1, 0.15) is 5.56 Å². The Morgan fingerprint density at radius 1 is 1.00 bits per heavy atom. The van der Waals surface area contributed by atoms with E-state index in [9.17, 15) is 4.79 Å². The molecule has 1 aromatic carbocycles. The van der Waals surface area contributed by atoms with Crippen molar-refractivity contribution in [2.45, 2.75) is 51.9 Å². The second-order valence-electron chi connectivity index (χ2n) is 5.16. The van der Waals surface area contributed by atoms with Crippen molar-refractivity contribution in [2.24, 2.45) is 0 Å². The number of benzene rings is 1. The van der Waals surface area contributed by atoms with Crippen LogP contribution in [0.2, 0.25) is 0 Å². The fourth-order valence-corrected chi connectivity index (χ4v) is 2.49. The number of aryl methyl sites for hydroxylation is 1. The van der Waals surface area contributed by atoms with Gasteiger partial charge in [-0.25, -0.2) is 4.79 Å². The number of rotatable bonds is 10. The Hall–Kier alpha value is -1.71. The maximum Gasteiger partial charge on any atom is 0.339 e. The molecule has 4 nitrogen and oxygen atoms in total. The van der Waals surface area contributed by atoms with E-state index in [1.165, 1.54) is 39.2 Å². The van der Waals surface area contributed by atoms with E-state index >= 15 is 0 Å². The van der Waals surface area contributed by atoms with Crippen molar-refractivity contribution in [1.29, 1.82) is 0 Å². The zero-order valence-corrected chi connectivity index (χ0v) is 13.3. The minimum atomic E-state index is -1.00. The highest BCUT2D eigenvalue weighted by molar-refractivity contribution is 5.92. The van der Waals surface area contributed by atoms with E-state index in [-0.39, 0.29) is 5.56 Å². The summed E-state index contributed by atoms with van der Waals surface area (Å²) < 4.78 is 10.6. The number of aromatic carboxylic acids is 1. The third-order valence-electron chi connectivity index (χ3n) is 3.63. The van der Waals surface area contributed by atoms with Crippen LogP contribution in [0.25, 0.3) is 0 Å². The van der Waals surface area contributed by atoms with Crippen molar-refractivity contribution in [2.75, 3.05) is 14.2 Å². The summed E-state index contributed by atoms with van der Waals surface area (Å²) in [7, 11) is 3.02. The number of unbranched alkanes of at least 4 members (excludes halogenated alkanes) is 5. The summed E-state index contributed by atoms with van der Waals surface area (Å²) in [6.45, 7) is 2.21. The third kappa shape index (κ3) is 4.96. The van der Waals surface area contributed by atoms with Crippen LogP contribution < -0.4 is 9.47 Å². The molecule has 0 heterocycles. The molecule has 0 aliphatic heterocycles. The Kier molecular flexibility index (Phi) is 7.65. The molecule has 1 aromatic rings. The molecule has 0 atom stereocenters. The molecule has 21 heavy (non-hydrogen) atoms. The Labute approximate surface area is 127 Å². The quantitative estimate of drug-likeness (QED) is 0.653. The number of hydrogen-bond donors (Lipinski definition) is 1. The molecule has 4 heteroatoms. The fraction of sp³-hybridized carbons (Fsp3) is 0.588. The van der Waals surface area contributed by atoms with Gasteiger partial charge in [-0.3, -0.25) is 0 Å². The fourth-order valence-electron chi connectivity index (χ4n) is 2.49. The van der Waals surface area contributed by atoms with Crippen molar-refractivity contribution < 1.29 is 19.4 Å². The first kappa shape index (κ1) is 17.3. The second kappa shape index (κ2) is 9.27.